The predicted molar refractivity (Wildman–Crippen MR) is 90.9 cm³/mol. The fourth-order valence-corrected chi connectivity index (χ4v) is 2.94. The Kier molecular flexibility index (Phi) is 4.96. The SMILES string of the molecule is O=C(CCc1ccccc1)Nc1nc(-c2ccc(F)c(F)c2)cs1. The Morgan fingerprint density at radius 3 is 2.62 bits per heavy atom. The number of amides is 1. The van der Waals surface area contributed by atoms with Crippen LogP contribution < -0.4 is 5.32 Å². The average molecular weight is 344 g/mol. The molecule has 0 saturated heterocycles. The molecule has 1 heterocycles. The van der Waals surface area contributed by atoms with Crippen LogP contribution in [0.1, 0.15) is 12.0 Å². The number of nitrogens with one attached hydrogen (secondary N) is 1. The molecule has 0 aliphatic carbocycles. The Balaban J connectivity index is 1.61. The molecule has 0 saturated carbocycles. The van der Waals surface area contributed by atoms with Gasteiger partial charge in [0, 0.05) is 17.4 Å². The topological polar surface area (TPSA) is 42.0 Å². The molecule has 122 valence electrons. The first-order chi connectivity index (χ1) is 11.6. The van der Waals surface area contributed by atoms with Gasteiger partial charge >= 0.3 is 0 Å². The highest BCUT2D eigenvalue weighted by Gasteiger charge is 2.10. The van der Waals surface area contributed by atoms with Gasteiger partial charge in [-0.1, -0.05) is 30.3 Å². The number of halogens is 2. The monoisotopic (exact) mass is 344 g/mol. The first kappa shape index (κ1) is 16.3. The summed E-state index contributed by atoms with van der Waals surface area (Å²) in [5.74, 6) is -1.96. The second-order valence-corrected chi connectivity index (χ2v) is 6.06. The van der Waals surface area contributed by atoms with Gasteiger partial charge in [0.1, 0.15) is 0 Å². The fraction of sp³-hybridized carbons (Fsp3) is 0.111. The van der Waals surface area contributed by atoms with E-state index in [4.69, 9.17) is 0 Å². The summed E-state index contributed by atoms with van der Waals surface area (Å²) in [4.78, 5) is 16.2. The van der Waals surface area contributed by atoms with Crippen LogP contribution in [-0.2, 0) is 11.2 Å². The number of hydrogen-bond acceptors (Lipinski definition) is 3. The summed E-state index contributed by atoms with van der Waals surface area (Å²) >= 11 is 1.25. The Morgan fingerprint density at radius 1 is 1.08 bits per heavy atom. The van der Waals surface area contributed by atoms with Crippen molar-refractivity contribution in [1.82, 2.24) is 4.98 Å². The minimum absolute atomic E-state index is 0.134. The molecule has 1 aromatic heterocycles. The van der Waals surface area contributed by atoms with Gasteiger partial charge < -0.3 is 5.32 Å². The second-order valence-electron chi connectivity index (χ2n) is 5.20. The van der Waals surface area contributed by atoms with Crippen LogP contribution in [0.3, 0.4) is 0 Å². The zero-order valence-electron chi connectivity index (χ0n) is 12.6. The quantitative estimate of drug-likeness (QED) is 0.731. The van der Waals surface area contributed by atoms with E-state index in [-0.39, 0.29) is 5.91 Å². The molecule has 3 rings (SSSR count). The summed E-state index contributed by atoms with van der Waals surface area (Å²) in [5, 5.41) is 4.86. The van der Waals surface area contributed by atoms with Crippen molar-refractivity contribution in [2.45, 2.75) is 12.8 Å². The van der Waals surface area contributed by atoms with Gasteiger partial charge in [0.25, 0.3) is 0 Å². The summed E-state index contributed by atoms with van der Waals surface area (Å²) in [6.07, 6.45) is 0.998. The fourth-order valence-electron chi connectivity index (χ4n) is 2.20. The molecule has 1 amide bonds. The van der Waals surface area contributed by atoms with Crippen LogP contribution in [0.2, 0.25) is 0 Å². The molecule has 0 unspecified atom stereocenters. The van der Waals surface area contributed by atoms with E-state index in [1.807, 2.05) is 30.3 Å². The van der Waals surface area contributed by atoms with Crippen molar-refractivity contribution in [2.24, 2.45) is 0 Å². The third-order valence-corrected chi connectivity index (χ3v) is 4.21. The summed E-state index contributed by atoms with van der Waals surface area (Å²) in [5.41, 5.74) is 2.06. The van der Waals surface area contributed by atoms with E-state index >= 15 is 0 Å². The van der Waals surface area contributed by atoms with Crippen LogP contribution in [-0.4, -0.2) is 10.9 Å². The van der Waals surface area contributed by atoms with Gasteiger partial charge in [-0.05, 0) is 30.2 Å². The summed E-state index contributed by atoms with van der Waals surface area (Å²) in [6.45, 7) is 0. The number of rotatable bonds is 5. The number of thiazole rings is 1. The van der Waals surface area contributed by atoms with Crippen molar-refractivity contribution in [1.29, 1.82) is 0 Å². The zero-order chi connectivity index (χ0) is 16.9. The maximum atomic E-state index is 13.3. The number of carbonyl (C=O) groups excluding carboxylic acids is 1. The Labute approximate surface area is 142 Å². The molecule has 3 aromatic rings. The lowest BCUT2D eigenvalue weighted by molar-refractivity contribution is -0.116. The molecule has 0 radical (unpaired) electrons. The van der Waals surface area contributed by atoms with Crippen molar-refractivity contribution in [3.05, 3.63) is 71.1 Å². The third-order valence-electron chi connectivity index (χ3n) is 3.45. The molecule has 0 aliphatic heterocycles. The molecule has 0 fully saturated rings. The highest BCUT2D eigenvalue weighted by atomic mass is 32.1. The van der Waals surface area contributed by atoms with Crippen molar-refractivity contribution in [2.75, 3.05) is 5.32 Å². The smallest absolute Gasteiger partial charge is 0.226 e. The van der Waals surface area contributed by atoms with Crippen LogP contribution in [0, 0.1) is 11.6 Å². The lowest BCUT2D eigenvalue weighted by Crippen LogP contribution is -2.12. The van der Waals surface area contributed by atoms with E-state index in [0.29, 0.717) is 29.2 Å². The largest absolute Gasteiger partial charge is 0.302 e. The number of carbonyl (C=O) groups is 1. The first-order valence-corrected chi connectivity index (χ1v) is 8.24. The predicted octanol–water partition coefficient (Wildman–Crippen LogP) is 4.66. The van der Waals surface area contributed by atoms with Crippen LogP contribution in [0.15, 0.2) is 53.9 Å². The summed E-state index contributed by atoms with van der Waals surface area (Å²) in [7, 11) is 0. The number of anilines is 1. The maximum Gasteiger partial charge on any atom is 0.226 e. The molecule has 24 heavy (non-hydrogen) atoms. The van der Waals surface area contributed by atoms with Gasteiger partial charge in [0.05, 0.1) is 5.69 Å². The lowest BCUT2D eigenvalue weighted by Gasteiger charge is -2.02. The molecule has 2 aromatic carbocycles. The normalized spacial score (nSPS) is 10.6. The van der Waals surface area contributed by atoms with Gasteiger partial charge in [-0.15, -0.1) is 11.3 Å². The van der Waals surface area contributed by atoms with Crippen LogP contribution in [0.25, 0.3) is 11.3 Å². The van der Waals surface area contributed by atoms with Gasteiger partial charge in [-0.3, -0.25) is 4.79 Å². The molecule has 0 atom stereocenters. The number of aromatic nitrogens is 1. The van der Waals surface area contributed by atoms with Gasteiger partial charge in [0.15, 0.2) is 16.8 Å². The van der Waals surface area contributed by atoms with Crippen molar-refractivity contribution in [3.8, 4) is 11.3 Å². The molecule has 3 nitrogen and oxygen atoms in total. The van der Waals surface area contributed by atoms with E-state index in [1.54, 1.807) is 5.38 Å². The standard InChI is InChI=1S/C18H14F2N2OS/c19-14-8-7-13(10-15(14)20)16-11-24-18(21-16)22-17(23)9-6-12-4-2-1-3-5-12/h1-5,7-8,10-11H,6,9H2,(H,21,22,23). The molecule has 0 aliphatic rings. The van der Waals surface area contributed by atoms with E-state index in [1.165, 1.54) is 17.4 Å². The Hall–Kier alpha value is -2.60. The molecular weight excluding hydrogens is 330 g/mol. The molecular formula is C18H14F2N2OS. The maximum absolute atomic E-state index is 13.3. The van der Waals surface area contributed by atoms with Crippen LogP contribution in [0.5, 0.6) is 0 Å². The highest BCUT2D eigenvalue weighted by Crippen LogP contribution is 2.26. The van der Waals surface area contributed by atoms with Gasteiger partial charge in [0.2, 0.25) is 5.91 Å². The number of hydrogen-bond donors (Lipinski definition) is 1. The minimum Gasteiger partial charge on any atom is -0.302 e. The molecule has 0 spiro atoms. The van der Waals surface area contributed by atoms with Crippen LogP contribution in [0.4, 0.5) is 13.9 Å². The third kappa shape index (κ3) is 4.02. The second kappa shape index (κ2) is 7.31. The van der Waals surface area contributed by atoms with E-state index in [9.17, 15) is 13.6 Å². The Morgan fingerprint density at radius 2 is 1.88 bits per heavy atom. The summed E-state index contributed by atoms with van der Waals surface area (Å²) in [6, 6.07) is 13.3. The zero-order valence-corrected chi connectivity index (χ0v) is 13.4. The molecule has 0 bridgehead atoms. The lowest BCUT2D eigenvalue weighted by atomic mass is 10.1. The van der Waals surface area contributed by atoms with Crippen LogP contribution >= 0.6 is 11.3 Å². The van der Waals surface area contributed by atoms with E-state index < -0.39 is 11.6 Å². The molecule has 1 N–H and O–H groups in total. The Bertz CT molecular complexity index is 849. The van der Waals surface area contributed by atoms with E-state index in [0.717, 1.165) is 17.7 Å². The average Bonchev–Trinajstić information content (AvgIpc) is 3.05. The molecule has 6 heteroatoms. The van der Waals surface area contributed by atoms with Crippen molar-refractivity contribution in [3.63, 3.8) is 0 Å². The summed E-state index contributed by atoms with van der Waals surface area (Å²) < 4.78 is 26.2. The minimum atomic E-state index is -0.922. The van der Waals surface area contributed by atoms with Gasteiger partial charge in [-0.2, -0.15) is 0 Å². The van der Waals surface area contributed by atoms with Crippen molar-refractivity contribution < 1.29 is 13.6 Å². The van der Waals surface area contributed by atoms with Crippen molar-refractivity contribution >= 4 is 22.4 Å². The van der Waals surface area contributed by atoms with E-state index in [2.05, 4.69) is 10.3 Å². The van der Waals surface area contributed by atoms with Gasteiger partial charge in [-0.25, -0.2) is 13.8 Å². The number of nitrogens with zero attached hydrogens (tertiary/aromatic N) is 1. The number of aryl methyl sites for hydroxylation is 1. The highest BCUT2D eigenvalue weighted by molar-refractivity contribution is 7.14. The number of benzene rings is 2. The first-order valence-electron chi connectivity index (χ1n) is 7.36.